The fourth-order valence-electron chi connectivity index (χ4n) is 2.27. The van der Waals surface area contributed by atoms with Crippen molar-refractivity contribution < 1.29 is 13.2 Å². The molecule has 0 unspecified atom stereocenters. The Bertz CT molecular complexity index is 456. The molecule has 0 aliphatic carbocycles. The first-order chi connectivity index (χ1) is 9.88. The number of aromatic nitrogens is 3. The Balaban J connectivity index is 1.80. The molecule has 0 aromatic carbocycles. The van der Waals surface area contributed by atoms with Crippen LogP contribution in [-0.2, 0) is 19.3 Å². The van der Waals surface area contributed by atoms with Crippen LogP contribution in [0.25, 0.3) is 0 Å². The minimum Gasteiger partial charge on any atom is -0.314 e. The molecule has 0 radical (unpaired) electrons. The van der Waals surface area contributed by atoms with Crippen molar-refractivity contribution in [1.29, 1.82) is 0 Å². The lowest BCUT2D eigenvalue weighted by atomic mass is 10.3. The van der Waals surface area contributed by atoms with Crippen molar-refractivity contribution >= 4 is 0 Å². The number of fused-ring (bicyclic) bond motifs is 1. The van der Waals surface area contributed by atoms with Crippen LogP contribution in [0, 0.1) is 0 Å². The van der Waals surface area contributed by atoms with E-state index in [9.17, 15) is 13.2 Å². The second kappa shape index (κ2) is 6.71. The molecule has 1 aliphatic rings. The molecule has 0 fully saturated rings. The number of nitrogens with zero attached hydrogens (tertiary/aromatic N) is 5. The number of halogens is 3. The van der Waals surface area contributed by atoms with Crippen LogP contribution < -0.4 is 5.32 Å². The van der Waals surface area contributed by atoms with E-state index in [1.54, 1.807) is 0 Å². The van der Waals surface area contributed by atoms with Crippen molar-refractivity contribution in [2.45, 2.75) is 19.3 Å². The highest BCUT2D eigenvalue weighted by Gasteiger charge is 2.39. The molecule has 0 amide bonds. The lowest BCUT2D eigenvalue weighted by molar-refractivity contribution is -0.148. The summed E-state index contributed by atoms with van der Waals surface area (Å²) in [5, 5.41) is 10.2. The lowest BCUT2D eigenvalue weighted by Crippen LogP contribution is -2.40. The third-order valence-corrected chi connectivity index (χ3v) is 3.43. The van der Waals surface area contributed by atoms with Crippen molar-refractivity contribution in [2.24, 2.45) is 0 Å². The monoisotopic (exact) mass is 306 g/mol. The lowest BCUT2D eigenvalue weighted by Gasteiger charge is -2.28. The molecule has 0 bridgehead atoms. The van der Waals surface area contributed by atoms with Crippen molar-refractivity contribution in [1.82, 2.24) is 29.9 Å². The van der Waals surface area contributed by atoms with Crippen LogP contribution in [0.5, 0.6) is 0 Å². The Kier molecular flexibility index (Phi) is 5.17. The SMILES string of the molecule is CN(C)CCNCCN1CCn2c(nnc2C(F)(F)F)C1. The molecule has 1 aromatic heterocycles. The summed E-state index contributed by atoms with van der Waals surface area (Å²) in [4.78, 5) is 4.18. The van der Waals surface area contributed by atoms with Crippen LogP contribution in [0.1, 0.15) is 11.6 Å². The molecule has 1 aromatic rings. The Hall–Kier alpha value is -1.19. The van der Waals surface area contributed by atoms with E-state index in [4.69, 9.17) is 0 Å². The molecule has 0 saturated carbocycles. The fourth-order valence-corrected chi connectivity index (χ4v) is 2.27. The van der Waals surface area contributed by atoms with Crippen LogP contribution in [0.3, 0.4) is 0 Å². The summed E-state index contributed by atoms with van der Waals surface area (Å²) in [6, 6.07) is 0. The van der Waals surface area contributed by atoms with Crippen LogP contribution >= 0.6 is 0 Å². The fraction of sp³-hybridized carbons (Fsp3) is 0.833. The van der Waals surface area contributed by atoms with Gasteiger partial charge >= 0.3 is 6.18 Å². The predicted molar refractivity (Wildman–Crippen MR) is 71.7 cm³/mol. The topological polar surface area (TPSA) is 49.2 Å². The number of alkyl halides is 3. The molecule has 0 spiro atoms. The summed E-state index contributed by atoms with van der Waals surface area (Å²) in [6.07, 6.45) is -4.43. The number of hydrogen-bond acceptors (Lipinski definition) is 5. The van der Waals surface area contributed by atoms with Gasteiger partial charge in [-0.1, -0.05) is 0 Å². The average molecular weight is 306 g/mol. The molecule has 21 heavy (non-hydrogen) atoms. The van der Waals surface area contributed by atoms with Gasteiger partial charge in [-0.05, 0) is 14.1 Å². The highest BCUT2D eigenvalue weighted by atomic mass is 19.4. The zero-order chi connectivity index (χ0) is 15.5. The van der Waals surface area contributed by atoms with Crippen molar-refractivity contribution in [3.05, 3.63) is 11.6 Å². The Morgan fingerprint density at radius 2 is 1.95 bits per heavy atom. The summed E-state index contributed by atoms with van der Waals surface area (Å²) in [5.41, 5.74) is 0. The normalized spacial score (nSPS) is 16.5. The number of nitrogens with one attached hydrogen (secondary N) is 1. The molecule has 0 saturated heterocycles. The third-order valence-electron chi connectivity index (χ3n) is 3.43. The first kappa shape index (κ1) is 16.2. The standard InChI is InChI=1S/C12H21F3N6/c1-19(2)5-3-16-4-6-20-7-8-21-10(9-20)17-18-11(21)12(13,14)15/h16H,3-9H2,1-2H3. The van der Waals surface area contributed by atoms with Gasteiger partial charge in [0.25, 0.3) is 0 Å². The van der Waals surface area contributed by atoms with Gasteiger partial charge in [0.15, 0.2) is 0 Å². The predicted octanol–water partition coefficient (Wildman–Crippen LogP) is 0.264. The van der Waals surface area contributed by atoms with Crippen molar-refractivity contribution in [3.63, 3.8) is 0 Å². The molecule has 2 heterocycles. The average Bonchev–Trinajstić information content (AvgIpc) is 2.80. The van der Waals surface area contributed by atoms with Gasteiger partial charge in [0, 0.05) is 39.3 Å². The Labute approximate surface area is 121 Å². The van der Waals surface area contributed by atoms with Crippen molar-refractivity contribution in [2.75, 3.05) is 46.8 Å². The molecule has 1 aliphatic heterocycles. The minimum absolute atomic E-state index is 0.287. The summed E-state index contributed by atoms with van der Waals surface area (Å²) >= 11 is 0. The van der Waals surface area contributed by atoms with Crippen molar-refractivity contribution in [3.8, 4) is 0 Å². The van der Waals surface area contributed by atoms with E-state index >= 15 is 0 Å². The zero-order valence-electron chi connectivity index (χ0n) is 12.3. The van der Waals surface area contributed by atoms with E-state index in [-0.39, 0.29) is 6.54 Å². The quantitative estimate of drug-likeness (QED) is 0.764. The van der Waals surface area contributed by atoms with Crippen LogP contribution in [0.15, 0.2) is 0 Å². The third kappa shape index (κ3) is 4.39. The molecule has 0 atom stereocenters. The van der Waals surface area contributed by atoms with E-state index in [1.807, 2.05) is 14.1 Å². The minimum atomic E-state index is -4.43. The molecule has 1 N–H and O–H groups in total. The van der Waals surface area contributed by atoms with E-state index in [1.165, 1.54) is 4.57 Å². The summed E-state index contributed by atoms with van der Waals surface area (Å²) in [7, 11) is 4.02. The molecule has 120 valence electrons. The second-order valence-corrected chi connectivity index (χ2v) is 5.42. The van der Waals surface area contributed by atoms with Gasteiger partial charge in [0.2, 0.25) is 5.82 Å². The van der Waals surface area contributed by atoms with Crippen LogP contribution in [0.2, 0.25) is 0 Å². The van der Waals surface area contributed by atoms with E-state index < -0.39 is 12.0 Å². The Morgan fingerprint density at radius 1 is 1.19 bits per heavy atom. The van der Waals surface area contributed by atoms with Gasteiger partial charge < -0.3 is 14.8 Å². The maximum Gasteiger partial charge on any atom is 0.451 e. The largest absolute Gasteiger partial charge is 0.451 e. The van der Waals surface area contributed by atoms with Crippen LogP contribution in [0.4, 0.5) is 13.2 Å². The van der Waals surface area contributed by atoms with Gasteiger partial charge in [-0.2, -0.15) is 13.2 Å². The van der Waals surface area contributed by atoms with Gasteiger partial charge in [-0.3, -0.25) is 4.90 Å². The molecular weight excluding hydrogens is 285 g/mol. The summed E-state index contributed by atoms with van der Waals surface area (Å²) in [5.74, 6) is -0.497. The molecular formula is C12H21F3N6. The zero-order valence-corrected chi connectivity index (χ0v) is 12.3. The maximum atomic E-state index is 12.7. The van der Waals surface area contributed by atoms with Gasteiger partial charge in [0.1, 0.15) is 5.82 Å². The summed E-state index contributed by atoms with van der Waals surface area (Å²) in [6.45, 7) is 4.76. The number of rotatable bonds is 6. The van der Waals surface area contributed by atoms with E-state index in [2.05, 4.69) is 25.3 Å². The highest BCUT2D eigenvalue weighted by molar-refractivity contribution is 5.02. The molecule has 2 rings (SSSR count). The van der Waals surface area contributed by atoms with Gasteiger partial charge in [-0.15, -0.1) is 10.2 Å². The maximum absolute atomic E-state index is 12.7. The van der Waals surface area contributed by atoms with Crippen LogP contribution in [-0.4, -0.2) is 71.4 Å². The molecule has 6 nitrogen and oxygen atoms in total. The number of hydrogen-bond donors (Lipinski definition) is 1. The molecule has 9 heteroatoms. The smallest absolute Gasteiger partial charge is 0.314 e. The van der Waals surface area contributed by atoms with E-state index in [0.717, 1.165) is 26.2 Å². The first-order valence-corrected chi connectivity index (χ1v) is 6.95. The first-order valence-electron chi connectivity index (χ1n) is 6.95. The van der Waals surface area contributed by atoms with Gasteiger partial charge in [-0.25, -0.2) is 0 Å². The second-order valence-electron chi connectivity index (χ2n) is 5.42. The van der Waals surface area contributed by atoms with Gasteiger partial charge in [0.05, 0.1) is 6.54 Å². The Morgan fingerprint density at radius 3 is 2.62 bits per heavy atom. The number of likely N-dealkylation sites (N-methyl/N-ethyl adjacent to an activating group) is 1. The summed E-state index contributed by atoms with van der Waals surface area (Å²) < 4.78 is 39.3. The van der Waals surface area contributed by atoms with E-state index in [0.29, 0.717) is 18.9 Å². The highest BCUT2D eigenvalue weighted by Crippen LogP contribution is 2.29.